The molecule has 0 aliphatic heterocycles. The van der Waals surface area contributed by atoms with Gasteiger partial charge in [-0.25, -0.2) is 13.1 Å². The molecule has 0 fully saturated rings. The Kier molecular flexibility index (Phi) is 5.80. The van der Waals surface area contributed by atoms with E-state index in [0.717, 1.165) is 22.8 Å². The number of rotatable bonds is 6. The van der Waals surface area contributed by atoms with Crippen LogP contribution in [0.1, 0.15) is 17.0 Å². The van der Waals surface area contributed by atoms with Crippen LogP contribution >= 0.6 is 23.3 Å². The molecule has 1 heterocycles. The van der Waals surface area contributed by atoms with Crippen LogP contribution in [-0.2, 0) is 21.2 Å². The van der Waals surface area contributed by atoms with Crippen LogP contribution in [0.2, 0.25) is 5.02 Å². The lowest BCUT2D eigenvalue weighted by molar-refractivity contribution is -0.120. The number of nitrogens with one attached hydrogen (secondary N) is 1. The Balaban J connectivity index is 1.68. The largest absolute Gasteiger partial charge is 0.273 e. The highest BCUT2D eigenvalue weighted by molar-refractivity contribution is 7.90. The molecule has 1 aromatic heterocycles. The predicted octanol–water partition coefficient (Wildman–Crippen LogP) is 4.18. The molecule has 0 spiro atoms. The maximum Gasteiger partial charge on any atom is 0.264 e. The van der Waals surface area contributed by atoms with Gasteiger partial charge in [-0.2, -0.15) is 8.75 Å². The van der Waals surface area contributed by atoms with Crippen molar-refractivity contribution in [3.05, 3.63) is 88.9 Å². The summed E-state index contributed by atoms with van der Waals surface area (Å²) >= 11 is 7.05. The lowest BCUT2D eigenvalue weighted by Gasteiger charge is -2.18. The summed E-state index contributed by atoms with van der Waals surface area (Å²) in [5, 5.41) is 0.585. The van der Waals surface area contributed by atoms with Gasteiger partial charge in [0.15, 0.2) is 0 Å². The van der Waals surface area contributed by atoms with Gasteiger partial charge in [0.05, 0.1) is 22.5 Å². The number of hydrogen-bond donors (Lipinski definition) is 1. The average Bonchev–Trinajstić information content (AvgIpc) is 3.21. The Bertz CT molecular complexity index is 1290. The monoisotopic (exact) mass is 457 g/mol. The Hall–Kier alpha value is -2.81. The Morgan fingerprint density at radius 2 is 1.67 bits per heavy atom. The number of nitrogens with zero attached hydrogens (tertiary/aromatic N) is 2. The van der Waals surface area contributed by atoms with Gasteiger partial charge in [0.25, 0.3) is 10.0 Å². The van der Waals surface area contributed by atoms with E-state index in [0.29, 0.717) is 22.5 Å². The van der Waals surface area contributed by atoms with Crippen molar-refractivity contribution in [1.29, 1.82) is 0 Å². The lowest BCUT2D eigenvalue weighted by atomic mass is 9.91. The van der Waals surface area contributed by atoms with E-state index in [9.17, 15) is 13.2 Å². The van der Waals surface area contributed by atoms with Crippen LogP contribution in [0.5, 0.6) is 0 Å². The first-order valence-corrected chi connectivity index (χ1v) is 11.6. The SMILES string of the molecule is O=C(NS(=O)(=O)c1ccccc1)C(Cc1ccc(Cl)cc1)c1ccc2nsnc2c1. The Labute approximate surface area is 182 Å². The van der Waals surface area contributed by atoms with Gasteiger partial charge in [-0.1, -0.05) is 48.0 Å². The quantitative estimate of drug-likeness (QED) is 0.469. The van der Waals surface area contributed by atoms with Gasteiger partial charge in [0.2, 0.25) is 5.91 Å². The van der Waals surface area contributed by atoms with Gasteiger partial charge in [-0.15, -0.1) is 0 Å². The second kappa shape index (κ2) is 8.51. The third-order valence-electron chi connectivity index (χ3n) is 4.64. The number of carbonyl (C=O) groups is 1. The van der Waals surface area contributed by atoms with Crippen molar-refractivity contribution in [2.24, 2.45) is 0 Å². The molecule has 0 radical (unpaired) electrons. The summed E-state index contributed by atoms with van der Waals surface area (Å²) in [6.07, 6.45) is 0.302. The molecular weight excluding hydrogens is 442 g/mol. The number of benzene rings is 3. The van der Waals surface area contributed by atoms with Crippen molar-refractivity contribution in [3.63, 3.8) is 0 Å². The highest BCUT2D eigenvalue weighted by atomic mass is 35.5. The van der Waals surface area contributed by atoms with Crippen LogP contribution in [0.4, 0.5) is 0 Å². The zero-order chi connectivity index (χ0) is 21.1. The molecule has 0 aliphatic carbocycles. The standard InChI is InChI=1S/C21H16ClN3O3S2/c22-16-9-6-14(7-10-16)12-18(15-8-11-19-20(13-15)24-29-23-19)21(26)25-30(27,28)17-4-2-1-3-5-17/h1-11,13,18H,12H2,(H,25,26). The minimum absolute atomic E-state index is 0.0303. The van der Waals surface area contributed by atoms with Crippen molar-refractivity contribution in [1.82, 2.24) is 13.5 Å². The molecule has 4 aromatic rings. The summed E-state index contributed by atoms with van der Waals surface area (Å²) in [5.74, 6) is -1.35. The summed E-state index contributed by atoms with van der Waals surface area (Å²) < 4.78 is 36.0. The van der Waals surface area contributed by atoms with Crippen LogP contribution in [0, 0.1) is 0 Å². The molecule has 6 nitrogen and oxygen atoms in total. The van der Waals surface area contributed by atoms with Gasteiger partial charge in [-0.05, 0) is 53.9 Å². The summed E-state index contributed by atoms with van der Waals surface area (Å²) in [6.45, 7) is 0. The molecule has 152 valence electrons. The highest BCUT2D eigenvalue weighted by Crippen LogP contribution is 2.26. The van der Waals surface area contributed by atoms with Crippen molar-refractivity contribution in [3.8, 4) is 0 Å². The molecule has 0 saturated heterocycles. The van der Waals surface area contributed by atoms with Crippen molar-refractivity contribution in [2.75, 3.05) is 0 Å². The first-order chi connectivity index (χ1) is 14.4. The molecule has 30 heavy (non-hydrogen) atoms. The topological polar surface area (TPSA) is 89.0 Å². The number of amides is 1. The fraction of sp³-hybridized carbons (Fsp3) is 0.0952. The summed E-state index contributed by atoms with van der Waals surface area (Å²) in [6, 6.07) is 20.2. The molecule has 0 bridgehead atoms. The van der Waals surface area contributed by atoms with Gasteiger partial charge in [0.1, 0.15) is 11.0 Å². The number of fused-ring (bicyclic) bond motifs is 1. The molecule has 1 unspecified atom stereocenters. The van der Waals surface area contributed by atoms with Crippen molar-refractivity contribution < 1.29 is 13.2 Å². The van der Waals surface area contributed by atoms with Crippen LogP contribution in [-0.4, -0.2) is 23.1 Å². The number of aromatic nitrogens is 2. The van der Waals surface area contributed by atoms with Crippen LogP contribution in [0.3, 0.4) is 0 Å². The first kappa shape index (κ1) is 20.5. The maximum absolute atomic E-state index is 13.1. The van der Waals surface area contributed by atoms with E-state index >= 15 is 0 Å². The minimum Gasteiger partial charge on any atom is -0.273 e. The number of carbonyl (C=O) groups excluding carboxylic acids is 1. The van der Waals surface area contributed by atoms with Crippen LogP contribution in [0.25, 0.3) is 11.0 Å². The molecule has 3 aromatic carbocycles. The van der Waals surface area contributed by atoms with Crippen LogP contribution in [0.15, 0.2) is 77.7 Å². The second-order valence-electron chi connectivity index (χ2n) is 6.68. The summed E-state index contributed by atoms with van der Waals surface area (Å²) in [4.78, 5) is 13.2. The second-order valence-corrected chi connectivity index (χ2v) is 9.33. The van der Waals surface area contributed by atoms with Crippen molar-refractivity contribution in [2.45, 2.75) is 17.2 Å². The third kappa shape index (κ3) is 4.51. The molecule has 9 heteroatoms. The molecular formula is C21H16ClN3O3S2. The smallest absolute Gasteiger partial charge is 0.264 e. The molecule has 1 N–H and O–H groups in total. The van der Waals surface area contributed by atoms with Gasteiger partial charge in [0, 0.05) is 5.02 Å². The molecule has 1 atom stereocenters. The van der Waals surface area contributed by atoms with E-state index in [4.69, 9.17) is 11.6 Å². The zero-order valence-electron chi connectivity index (χ0n) is 15.5. The fourth-order valence-electron chi connectivity index (χ4n) is 3.10. The predicted molar refractivity (Wildman–Crippen MR) is 117 cm³/mol. The molecule has 4 rings (SSSR count). The molecule has 0 aliphatic rings. The van der Waals surface area contributed by atoms with E-state index in [1.54, 1.807) is 48.5 Å². The first-order valence-electron chi connectivity index (χ1n) is 9.01. The van der Waals surface area contributed by atoms with Crippen molar-refractivity contribution >= 4 is 50.3 Å². The van der Waals surface area contributed by atoms with Gasteiger partial charge >= 0.3 is 0 Å². The molecule has 1 amide bonds. The van der Waals surface area contributed by atoms with E-state index in [-0.39, 0.29) is 4.90 Å². The van der Waals surface area contributed by atoms with Gasteiger partial charge < -0.3 is 0 Å². The van der Waals surface area contributed by atoms with E-state index in [1.807, 2.05) is 12.1 Å². The van der Waals surface area contributed by atoms with E-state index in [2.05, 4.69) is 13.5 Å². The maximum atomic E-state index is 13.1. The number of halogens is 1. The Morgan fingerprint density at radius 3 is 2.40 bits per heavy atom. The number of sulfonamides is 1. The number of hydrogen-bond acceptors (Lipinski definition) is 6. The third-order valence-corrected chi connectivity index (χ3v) is 6.81. The Morgan fingerprint density at radius 1 is 0.967 bits per heavy atom. The summed E-state index contributed by atoms with van der Waals surface area (Å²) in [5.41, 5.74) is 2.91. The fourth-order valence-corrected chi connectivity index (χ4v) is 4.78. The summed E-state index contributed by atoms with van der Waals surface area (Å²) in [7, 11) is -3.99. The lowest BCUT2D eigenvalue weighted by Crippen LogP contribution is -2.35. The van der Waals surface area contributed by atoms with Crippen LogP contribution < -0.4 is 4.72 Å². The normalized spacial score (nSPS) is 12.6. The van der Waals surface area contributed by atoms with Gasteiger partial charge in [-0.3, -0.25) is 4.79 Å². The highest BCUT2D eigenvalue weighted by Gasteiger charge is 2.27. The zero-order valence-corrected chi connectivity index (χ0v) is 17.9. The van der Waals surface area contributed by atoms with E-state index < -0.39 is 21.8 Å². The average molecular weight is 458 g/mol. The minimum atomic E-state index is -3.99. The van der Waals surface area contributed by atoms with E-state index in [1.165, 1.54) is 12.1 Å². The molecule has 0 saturated carbocycles.